The molecule has 4 aromatic rings. The molecule has 0 aliphatic heterocycles. The second-order valence-electron chi connectivity index (χ2n) is 6.37. The molecule has 1 N–H and O–H groups in total. The summed E-state index contributed by atoms with van der Waals surface area (Å²) in [6, 6.07) is 15.0. The van der Waals surface area contributed by atoms with Gasteiger partial charge in [-0.2, -0.15) is 0 Å². The average Bonchev–Trinajstić information content (AvgIpc) is 2.72. The van der Waals surface area contributed by atoms with Gasteiger partial charge < -0.3 is 14.5 Å². The SMILES string of the molecule is COc1ccc(COc2ccc3[nH]c4c([N+](=O)[O-])ccc(Cl)c4c(=O)c3c2)cc1. The Labute approximate surface area is 169 Å². The molecule has 29 heavy (non-hydrogen) atoms. The van der Waals surface area contributed by atoms with Crippen LogP contribution < -0.4 is 14.9 Å². The molecule has 0 fully saturated rings. The van der Waals surface area contributed by atoms with Gasteiger partial charge in [-0.1, -0.05) is 23.7 Å². The van der Waals surface area contributed by atoms with Crippen LogP contribution in [0.3, 0.4) is 0 Å². The number of fused-ring (bicyclic) bond motifs is 2. The highest BCUT2D eigenvalue weighted by molar-refractivity contribution is 6.36. The lowest BCUT2D eigenvalue weighted by atomic mass is 10.1. The normalized spacial score (nSPS) is 11.0. The highest BCUT2D eigenvalue weighted by atomic mass is 35.5. The van der Waals surface area contributed by atoms with E-state index in [1.165, 1.54) is 12.1 Å². The molecule has 0 amide bonds. The van der Waals surface area contributed by atoms with Crippen molar-refractivity contribution in [3.63, 3.8) is 0 Å². The Morgan fingerprint density at radius 1 is 1.07 bits per heavy atom. The number of H-pyrrole nitrogens is 1. The molecule has 0 radical (unpaired) electrons. The number of ether oxygens (including phenoxy) is 2. The number of pyridine rings is 1. The number of rotatable bonds is 5. The minimum Gasteiger partial charge on any atom is -0.497 e. The van der Waals surface area contributed by atoms with Crippen molar-refractivity contribution in [3.05, 3.63) is 85.5 Å². The zero-order valence-electron chi connectivity index (χ0n) is 15.3. The van der Waals surface area contributed by atoms with Crippen molar-refractivity contribution in [1.29, 1.82) is 0 Å². The highest BCUT2D eigenvalue weighted by Gasteiger charge is 2.18. The lowest BCUT2D eigenvalue weighted by molar-refractivity contribution is -0.383. The van der Waals surface area contributed by atoms with Crippen molar-refractivity contribution in [3.8, 4) is 11.5 Å². The summed E-state index contributed by atoms with van der Waals surface area (Å²) in [5, 5.41) is 11.9. The van der Waals surface area contributed by atoms with Gasteiger partial charge in [0, 0.05) is 11.5 Å². The van der Waals surface area contributed by atoms with Gasteiger partial charge in [0.05, 0.1) is 28.0 Å². The number of aromatic nitrogens is 1. The largest absolute Gasteiger partial charge is 0.497 e. The number of halogens is 1. The van der Waals surface area contributed by atoms with Crippen LogP contribution in [0.1, 0.15) is 5.56 Å². The molecule has 146 valence electrons. The van der Waals surface area contributed by atoms with E-state index in [1.54, 1.807) is 25.3 Å². The predicted octanol–water partition coefficient (Wildman–Crippen LogP) is 4.83. The van der Waals surface area contributed by atoms with E-state index >= 15 is 0 Å². The van der Waals surface area contributed by atoms with E-state index in [1.807, 2.05) is 24.3 Å². The number of nitro benzene ring substituents is 1. The van der Waals surface area contributed by atoms with Crippen molar-refractivity contribution < 1.29 is 14.4 Å². The summed E-state index contributed by atoms with van der Waals surface area (Å²) in [7, 11) is 1.60. The number of aromatic amines is 1. The van der Waals surface area contributed by atoms with Crippen LogP contribution in [0.5, 0.6) is 11.5 Å². The van der Waals surface area contributed by atoms with Gasteiger partial charge in [-0.25, -0.2) is 0 Å². The number of non-ortho nitro benzene ring substituents is 1. The molecule has 4 rings (SSSR count). The van der Waals surface area contributed by atoms with Gasteiger partial charge in [-0.3, -0.25) is 14.9 Å². The fraction of sp³-hybridized carbons (Fsp3) is 0.0952. The van der Waals surface area contributed by atoms with E-state index in [-0.39, 0.29) is 21.6 Å². The van der Waals surface area contributed by atoms with Gasteiger partial charge >= 0.3 is 0 Å². The van der Waals surface area contributed by atoms with Crippen LogP contribution in [0.2, 0.25) is 5.02 Å². The number of nitrogens with zero attached hydrogens (tertiary/aromatic N) is 1. The first-order valence-electron chi connectivity index (χ1n) is 8.66. The lowest BCUT2D eigenvalue weighted by Crippen LogP contribution is -2.07. The third kappa shape index (κ3) is 3.48. The van der Waals surface area contributed by atoms with Gasteiger partial charge in [0.15, 0.2) is 5.43 Å². The van der Waals surface area contributed by atoms with Gasteiger partial charge in [-0.15, -0.1) is 0 Å². The zero-order valence-corrected chi connectivity index (χ0v) is 16.0. The van der Waals surface area contributed by atoms with Crippen molar-refractivity contribution in [1.82, 2.24) is 4.98 Å². The molecular formula is C21H15ClN2O5. The van der Waals surface area contributed by atoms with Crippen LogP contribution in [-0.4, -0.2) is 17.0 Å². The second kappa shape index (κ2) is 7.44. The average molecular weight is 411 g/mol. The fourth-order valence-corrected chi connectivity index (χ4v) is 3.38. The lowest BCUT2D eigenvalue weighted by Gasteiger charge is -2.09. The van der Waals surface area contributed by atoms with Gasteiger partial charge in [0.2, 0.25) is 0 Å². The molecule has 0 atom stereocenters. The quantitative estimate of drug-likeness (QED) is 0.289. The summed E-state index contributed by atoms with van der Waals surface area (Å²) in [6.45, 7) is 0.313. The number of nitrogens with one attached hydrogen (secondary N) is 1. The van der Waals surface area contributed by atoms with E-state index < -0.39 is 10.4 Å². The molecule has 0 saturated carbocycles. The zero-order chi connectivity index (χ0) is 20.5. The van der Waals surface area contributed by atoms with Gasteiger partial charge in [0.1, 0.15) is 23.6 Å². The first kappa shape index (κ1) is 18.8. The molecule has 3 aromatic carbocycles. The number of methoxy groups -OCH3 is 1. The molecule has 7 nitrogen and oxygen atoms in total. The smallest absolute Gasteiger partial charge is 0.293 e. The van der Waals surface area contributed by atoms with Crippen LogP contribution in [0.25, 0.3) is 21.8 Å². The Bertz CT molecular complexity index is 1300. The van der Waals surface area contributed by atoms with E-state index in [2.05, 4.69) is 4.98 Å². The number of benzene rings is 3. The number of hydrogen-bond donors (Lipinski definition) is 1. The molecule has 0 aliphatic carbocycles. The third-order valence-corrected chi connectivity index (χ3v) is 4.93. The Morgan fingerprint density at radius 3 is 2.48 bits per heavy atom. The number of hydrogen-bond acceptors (Lipinski definition) is 5. The molecule has 1 aromatic heterocycles. The molecule has 8 heteroatoms. The standard InChI is InChI=1S/C21H15ClN2O5/c1-28-13-4-2-12(3-5-13)11-29-14-6-8-17-15(10-14)21(25)19-16(22)7-9-18(24(26)27)20(19)23-17/h2-10H,11H2,1H3,(H,23,25). The summed E-state index contributed by atoms with van der Waals surface area (Å²) in [5.74, 6) is 1.25. The van der Waals surface area contributed by atoms with Crippen LogP contribution >= 0.6 is 11.6 Å². The molecule has 0 aliphatic rings. The van der Waals surface area contributed by atoms with E-state index in [0.29, 0.717) is 23.3 Å². The van der Waals surface area contributed by atoms with Gasteiger partial charge in [0.25, 0.3) is 5.69 Å². The Balaban J connectivity index is 1.74. The maximum Gasteiger partial charge on any atom is 0.293 e. The molecule has 1 heterocycles. The molecule has 0 spiro atoms. The van der Waals surface area contributed by atoms with E-state index in [0.717, 1.165) is 11.3 Å². The summed E-state index contributed by atoms with van der Waals surface area (Å²) in [5.41, 5.74) is 0.911. The third-order valence-electron chi connectivity index (χ3n) is 4.62. The van der Waals surface area contributed by atoms with E-state index in [4.69, 9.17) is 21.1 Å². The number of nitro groups is 1. The van der Waals surface area contributed by atoms with Crippen LogP contribution in [0, 0.1) is 10.1 Å². The monoisotopic (exact) mass is 410 g/mol. The topological polar surface area (TPSA) is 94.5 Å². The Kier molecular flexibility index (Phi) is 4.82. The van der Waals surface area contributed by atoms with Crippen molar-refractivity contribution >= 4 is 39.1 Å². The first-order valence-corrected chi connectivity index (χ1v) is 9.04. The molecule has 0 saturated heterocycles. The Morgan fingerprint density at radius 2 is 1.79 bits per heavy atom. The molecule has 0 bridgehead atoms. The Hall–Kier alpha value is -3.58. The van der Waals surface area contributed by atoms with Crippen LogP contribution in [0.4, 0.5) is 5.69 Å². The first-order chi connectivity index (χ1) is 14.0. The van der Waals surface area contributed by atoms with Crippen molar-refractivity contribution in [2.75, 3.05) is 7.11 Å². The molecular weight excluding hydrogens is 396 g/mol. The second-order valence-corrected chi connectivity index (χ2v) is 6.78. The maximum absolute atomic E-state index is 13.0. The molecule has 0 unspecified atom stereocenters. The van der Waals surface area contributed by atoms with Crippen molar-refractivity contribution in [2.24, 2.45) is 0 Å². The minimum atomic E-state index is -0.549. The summed E-state index contributed by atoms with van der Waals surface area (Å²) >= 11 is 6.16. The fourth-order valence-electron chi connectivity index (χ4n) is 3.13. The van der Waals surface area contributed by atoms with Crippen molar-refractivity contribution in [2.45, 2.75) is 6.61 Å². The summed E-state index contributed by atoms with van der Waals surface area (Å²) in [4.78, 5) is 26.7. The minimum absolute atomic E-state index is 0.0840. The maximum atomic E-state index is 13.0. The van der Waals surface area contributed by atoms with Gasteiger partial charge in [-0.05, 0) is 42.0 Å². The van der Waals surface area contributed by atoms with E-state index in [9.17, 15) is 14.9 Å². The van der Waals surface area contributed by atoms with Crippen LogP contribution in [0.15, 0.2) is 59.4 Å². The summed E-state index contributed by atoms with van der Waals surface area (Å²) < 4.78 is 10.9. The predicted molar refractivity (Wildman–Crippen MR) is 111 cm³/mol. The van der Waals surface area contributed by atoms with Crippen LogP contribution in [-0.2, 0) is 6.61 Å². The summed E-state index contributed by atoms with van der Waals surface area (Å²) in [6.07, 6.45) is 0. The highest BCUT2D eigenvalue weighted by Crippen LogP contribution is 2.30.